The lowest BCUT2D eigenvalue weighted by atomic mass is 9.85. The van der Waals surface area contributed by atoms with E-state index >= 15 is 0 Å². The van der Waals surface area contributed by atoms with Crippen molar-refractivity contribution in [2.24, 2.45) is 0 Å². The van der Waals surface area contributed by atoms with Gasteiger partial charge in [0.1, 0.15) is 43.2 Å². The summed E-state index contributed by atoms with van der Waals surface area (Å²) in [7, 11) is -10.6. The van der Waals surface area contributed by atoms with Crippen LogP contribution < -0.4 is 0 Å². The third kappa shape index (κ3) is 28.6. The van der Waals surface area contributed by atoms with E-state index in [-0.39, 0.29) is 12.8 Å². The van der Waals surface area contributed by atoms with E-state index < -0.39 is 83.5 Å². The number of carbonyl (C=O) groups is 2. The Morgan fingerprint density at radius 3 is 1.27 bits per heavy atom. The molecule has 0 saturated heterocycles. The summed E-state index contributed by atoms with van der Waals surface area (Å²) < 4.78 is 49.0. The Kier molecular flexibility index (Phi) is 32.3. The zero-order valence-electron chi connectivity index (χ0n) is 35.4. The largest absolute Gasteiger partial charge is 0.472 e. The third-order valence-corrected chi connectivity index (χ3v) is 12.3. The normalized spacial score (nSPS) is 22.5. The number of phosphoric ester groups is 2. The maximum atomic E-state index is 12.9. The smallest absolute Gasteiger partial charge is 0.462 e. The molecule has 1 aliphatic carbocycles. The fourth-order valence-corrected chi connectivity index (χ4v) is 8.77. The van der Waals surface area contributed by atoms with E-state index in [0.29, 0.717) is 12.8 Å². The highest BCUT2D eigenvalue weighted by Crippen LogP contribution is 2.48. The van der Waals surface area contributed by atoms with E-state index in [1.807, 2.05) is 0 Å². The van der Waals surface area contributed by atoms with Gasteiger partial charge in [-0.3, -0.25) is 23.2 Å². The van der Waals surface area contributed by atoms with Crippen molar-refractivity contribution in [3.8, 4) is 0 Å². The quantitative estimate of drug-likeness (QED) is 0.0130. The van der Waals surface area contributed by atoms with Crippen molar-refractivity contribution in [1.82, 2.24) is 0 Å². The molecule has 350 valence electrons. The molecule has 7 N–H and O–H groups in total. The summed E-state index contributed by atoms with van der Waals surface area (Å²) in [5.74, 6) is -0.240. The van der Waals surface area contributed by atoms with Crippen molar-refractivity contribution < 1.29 is 76.9 Å². The third-order valence-electron chi connectivity index (χ3n) is 10.5. The van der Waals surface area contributed by atoms with Crippen LogP contribution >= 0.6 is 28.3 Å². The van der Waals surface area contributed by atoms with Gasteiger partial charge in [0.2, 0.25) is 0 Å². The first-order valence-corrected chi connectivity index (χ1v) is 25.9. The number of esters is 2. The van der Waals surface area contributed by atoms with Gasteiger partial charge < -0.3 is 44.6 Å². The Morgan fingerprint density at radius 1 is 0.525 bits per heavy atom. The molecule has 0 amide bonds. The van der Waals surface area contributed by atoms with E-state index in [1.165, 1.54) is 96.3 Å². The predicted molar refractivity (Wildman–Crippen MR) is 227 cm³/mol. The minimum absolute atomic E-state index is 0.0555. The zero-order valence-corrected chi connectivity index (χ0v) is 38.1. The molecule has 0 spiro atoms. The number of unbranched alkanes of at least 4 members (excludes halogenated alkanes) is 23. The van der Waals surface area contributed by atoms with Crippen molar-refractivity contribution in [3.63, 3.8) is 0 Å². The van der Waals surface area contributed by atoms with Crippen molar-refractivity contribution in [3.05, 3.63) is 0 Å². The average Bonchev–Trinajstić information content (AvgIpc) is 3.18. The lowest BCUT2D eigenvalue weighted by molar-refractivity contribution is -0.216. The van der Waals surface area contributed by atoms with Gasteiger partial charge in [-0.2, -0.15) is 12.6 Å². The zero-order chi connectivity index (χ0) is 43.9. The van der Waals surface area contributed by atoms with Gasteiger partial charge >= 0.3 is 27.6 Å². The first kappa shape index (κ1) is 56.4. The highest BCUT2D eigenvalue weighted by molar-refractivity contribution is 7.80. The van der Waals surface area contributed by atoms with Gasteiger partial charge in [0.05, 0.1) is 6.61 Å². The molecule has 16 nitrogen and oxygen atoms in total. The summed E-state index contributed by atoms with van der Waals surface area (Å²) in [4.78, 5) is 53.9. The van der Waals surface area contributed by atoms with Crippen LogP contribution in [0.1, 0.15) is 180 Å². The minimum atomic E-state index is -5.30. The minimum Gasteiger partial charge on any atom is -0.462 e. The molecule has 59 heavy (non-hydrogen) atoms. The first-order valence-electron chi connectivity index (χ1n) is 22.2. The number of ether oxygens (including phenoxy) is 2. The number of carbonyl (C=O) groups excluding carboxylic acids is 2. The fraction of sp³-hybridized carbons (Fsp3) is 0.950. The number of aliphatic hydroxyl groups excluding tert-OH is 4. The van der Waals surface area contributed by atoms with Crippen LogP contribution in [-0.4, -0.2) is 109 Å². The highest BCUT2D eigenvalue weighted by Gasteiger charge is 2.54. The summed E-state index contributed by atoms with van der Waals surface area (Å²) in [6, 6.07) is 0. The molecule has 0 aromatic carbocycles. The molecule has 0 radical (unpaired) electrons. The van der Waals surface area contributed by atoms with Crippen molar-refractivity contribution in [1.29, 1.82) is 0 Å². The molecule has 1 saturated carbocycles. The van der Waals surface area contributed by atoms with Gasteiger partial charge in [-0.1, -0.05) is 148 Å². The SMILES string of the molecule is CCCCCCCCCCCCCCCC(=O)O[C@H](COC(=O)CCCCCCCCCCCCCCS)COP(=O)(O)OC1C(O)[C@@H](O)C(OP(=O)(O)O)[C@@H](O)[C@H]1O. The molecule has 4 unspecified atom stereocenters. The average molecular weight is 909 g/mol. The molecule has 0 bridgehead atoms. The Balaban J connectivity index is 2.59. The number of rotatable bonds is 38. The molecule has 1 aliphatic rings. The van der Waals surface area contributed by atoms with Crippen LogP contribution in [0, 0.1) is 0 Å². The number of aliphatic hydroxyl groups is 4. The van der Waals surface area contributed by atoms with Gasteiger partial charge in [0.15, 0.2) is 6.10 Å². The van der Waals surface area contributed by atoms with Crippen LogP contribution in [-0.2, 0) is 41.8 Å². The van der Waals surface area contributed by atoms with Gasteiger partial charge in [-0.05, 0) is 25.0 Å². The van der Waals surface area contributed by atoms with Crippen molar-refractivity contribution in [2.75, 3.05) is 19.0 Å². The van der Waals surface area contributed by atoms with Crippen LogP contribution in [0.15, 0.2) is 0 Å². The van der Waals surface area contributed by atoms with E-state index in [4.69, 9.17) is 28.3 Å². The molecule has 0 aliphatic heterocycles. The molecular weight excluding hydrogens is 830 g/mol. The summed E-state index contributed by atoms with van der Waals surface area (Å²) in [6.07, 6.45) is 13.4. The number of thiol groups is 1. The van der Waals surface area contributed by atoms with Gasteiger partial charge in [0.25, 0.3) is 0 Å². The van der Waals surface area contributed by atoms with Gasteiger partial charge in [-0.15, -0.1) is 0 Å². The second kappa shape index (κ2) is 33.8. The number of phosphoric acid groups is 2. The highest BCUT2D eigenvalue weighted by atomic mass is 32.1. The number of hydrogen-bond acceptors (Lipinski definition) is 14. The second-order valence-corrected chi connectivity index (χ2v) is 18.9. The summed E-state index contributed by atoms with van der Waals surface area (Å²) in [5.41, 5.74) is 0. The lowest BCUT2D eigenvalue weighted by Gasteiger charge is -2.43. The predicted octanol–water partition coefficient (Wildman–Crippen LogP) is 7.36. The molecule has 0 aromatic rings. The maximum Gasteiger partial charge on any atom is 0.472 e. The molecule has 8 atom stereocenters. The van der Waals surface area contributed by atoms with Crippen LogP contribution in [0.4, 0.5) is 0 Å². The van der Waals surface area contributed by atoms with Crippen LogP contribution in [0.5, 0.6) is 0 Å². The Hall–Kier alpha value is -0.650. The maximum absolute atomic E-state index is 12.9. The topological polar surface area (TPSA) is 256 Å². The molecule has 19 heteroatoms. The van der Waals surface area contributed by atoms with Crippen molar-refractivity contribution in [2.45, 2.75) is 223 Å². The summed E-state index contributed by atoms with van der Waals surface area (Å²) in [6.45, 7) is 0.907. The van der Waals surface area contributed by atoms with Gasteiger partial charge in [-0.25, -0.2) is 9.13 Å². The standard InChI is InChI=1S/C40H78O16P2S/c1-2-3-4-5-6-7-8-9-13-16-19-22-25-28-34(42)54-32(30-52-33(41)27-24-21-18-15-12-10-11-14-17-20-23-26-29-59)31-53-58(50,51)56-40-37(45)35(43)39(36(44)38(40)46)55-57(47,48)49/h32,35-40,43-46,59H,2-31H2,1H3,(H,50,51)(H2,47,48,49)/t32-,35-,36+,37?,38-,39?,40?/m1/s1. The molecule has 1 fully saturated rings. The van der Waals surface area contributed by atoms with E-state index in [9.17, 15) is 44.0 Å². The fourth-order valence-electron chi connectivity index (χ4n) is 7.01. The van der Waals surface area contributed by atoms with E-state index in [2.05, 4.69) is 24.1 Å². The number of hydrogen-bond donors (Lipinski definition) is 8. The van der Waals surface area contributed by atoms with Crippen LogP contribution in [0.3, 0.4) is 0 Å². The van der Waals surface area contributed by atoms with E-state index in [1.54, 1.807) is 0 Å². The van der Waals surface area contributed by atoms with Gasteiger partial charge in [0, 0.05) is 12.8 Å². The molecule has 0 heterocycles. The molecule has 1 rings (SSSR count). The van der Waals surface area contributed by atoms with Crippen LogP contribution in [0.25, 0.3) is 0 Å². The monoisotopic (exact) mass is 908 g/mol. The lowest BCUT2D eigenvalue weighted by Crippen LogP contribution is -2.64. The Bertz CT molecular complexity index is 1160. The van der Waals surface area contributed by atoms with Crippen LogP contribution in [0.2, 0.25) is 0 Å². The Morgan fingerprint density at radius 2 is 0.881 bits per heavy atom. The Labute approximate surface area is 358 Å². The first-order chi connectivity index (χ1) is 28.1. The van der Waals surface area contributed by atoms with Crippen molar-refractivity contribution >= 4 is 40.2 Å². The second-order valence-electron chi connectivity index (χ2n) is 15.9. The summed E-state index contributed by atoms with van der Waals surface area (Å²) in [5, 5.41) is 41.4. The van der Waals surface area contributed by atoms with E-state index in [0.717, 1.165) is 57.1 Å². The molecular formula is C40H78O16P2S. The summed E-state index contributed by atoms with van der Waals surface area (Å²) >= 11 is 4.24. The molecule has 0 aromatic heterocycles.